The number of hydrogen-bond acceptors (Lipinski definition) is 4. The van der Waals surface area contributed by atoms with E-state index in [0.717, 1.165) is 5.56 Å². The highest BCUT2D eigenvalue weighted by atomic mass is 16.5. The first kappa shape index (κ1) is 10.3. The zero-order valence-electron chi connectivity index (χ0n) is 8.75. The number of ether oxygens (including phenoxy) is 1. The van der Waals surface area contributed by atoms with Crippen LogP contribution >= 0.6 is 0 Å². The third kappa shape index (κ3) is 2.42. The van der Waals surface area contributed by atoms with Crippen LogP contribution in [0, 0.1) is 6.92 Å². The summed E-state index contributed by atoms with van der Waals surface area (Å²) in [5.41, 5.74) is 1.53. The third-order valence-electron chi connectivity index (χ3n) is 1.98. The van der Waals surface area contributed by atoms with Gasteiger partial charge >= 0.3 is 6.01 Å². The van der Waals surface area contributed by atoms with Crippen molar-refractivity contribution in [2.24, 2.45) is 0 Å². The predicted octanol–water partition coefficient (Wildman–Crippen LogP) is 2.39. The van der Waals surface area contributed by atoms with Crippen molar-refractivity contribution in [3.05, 3.63) is 47.8 Å². The van der Waals surface area contributed by atoms with E-state index >= 15 is 0 Å². The molecule has 0 spiro atoms. The molecular weight excluding hydrogens is 204 g/mol. The number of nitrogens with zero attached hydrogens (tertiary/aromatic N) is 2. The first-order valence-corrected chi connectivity index (χ1v) is 4.79. The summed E-state index contributed by atoms with van der Waals surface area (Å²) >= 11 is 0. The molecule has 1 aromatic heterocycles. The Kier molecular flexibility index (Phi) is 2.91. The van der Waals surface area contributed by atoms with Crippen molar-refractivity contribution < 1.29 is 9.53 Å². The molecule has 0 N–H and O–H groups in total. The van der Waals surface area contributed by atoms with Gasteiger partial charge in [-0.3, -0.25) is 4.79 Å². The molecule has 80 valence electrons. The minimum absolute atomic E-state index is 0.233. The highest BCUT2D eigenvalue weighted by Crippen LogP contribution is 2.17. The lowest BCUT2D eigenvalue weighted by Crippen LogP contribution is -1.93. The van der Waals surface area contributed by atoms with Gasteiger partial charge in [0.25, 0.3) is 0 Å². The van der Waals surface area contributed by atoms with E-state index in [1.165, 1.54) is 12.4 Å². The summed E-state index contributed by atoms with van der Waals surface area (Å²) in [7, 11) is 0. The van der Waals surface area contributed by atoms with Crippen molar-refractivity contribution in [3.63, 3.8) is 0 Å². The lowest BCUT2D eigenvalue weighted by atomic mass is 10.2. The van der Waals surface area contributed by atoms with Crippen LogP contribution in [0.3, 0.4) is 0 Å². The summed E-state index contributed by atoms with van der Waals surface area (Å²) in [6, 6.07) is 7.81. The highest BCUT2D eigenvalue weighted by Gasteiger charge is 2.00. The molecular formula is C12H10N2O2. The fourth-order valence-corrected chi connectivity index (χ4v) is 1.22. The minimum Gasteiger partial charge on any atom is -0.424 e. The second-order valence-corrected chi connectivity index (χ2v) is 3.34. The van der Waals surface area contributed by atoms with E-state index in [9.17, 15) is 4.79 Å². The molecule has 0 fully saturated rings. The molecule has 4 heteroatoms. The van der Waals surface area contributed by atoms with Crippen LogP contribution in [0.1, 0.15) is 15.9 Å². The van der Waals surface area contributed by atoms with Gasteiger partial charge in [-0.2, -0.15) is 0 Å². The van der Waals surface area contributed by atoms with Crippen LogP contribution in [-0.4, -0.2) is 16.3 Å². The number of rotatable bonds is 3. The van der Waals surface area contributed by atoms with Crippen LogP contribution < -0.4 is 4.74 Å². The van der Waals surface area contributed by atoms with Crippen LogP contribution in [-0.2, 0) is 0 Å². The fourth-order valence-electron chi connectivity index (χ4n) is 1.22. The summed E-state index contributed by atoms with van der Waals surface area (Å²) in [6.45, 7) is 1.98. The average molecular weight is 214 g/mol. The first-order chi connectivity index (χ1) is 7.78. The SMILES string of the molecule is Cc1cccc(Oc2ncc(C=O)cn2)c1. The Balaban J connectivity index is 2.17. The van der Waals surface area contributed by atoms with Crippen LogP contribution in [0.25, 0.3) is 0 Å². The summed E-state index contributed by atoms with van der Waals surface area (Å²) in [6.07, 6.45) is 3.53. The zero-order chi connectivity index (χ0) is 11.4. The number of aryl methyl sites for hydroxylation is 1. The van der Waals surface area contributed by atoms with Crippen LogP contribution in [0.4, 0.5) is 0 Å². The quantitative estimate of drug-likeness (QED) is 0.736. The molecule has 4 nitrogen and oxygen atoms in total. The molecule has 1 aromatic carbocycles. The normalized spacial score (nSPS) is 9.81. The van der Waals surface area contributed by atoms with Gasteiger partial charge in [0, 0.05) is 12.4 Å². The maximum Gasteiger partial charge on any atom is 0.321 e. The van der Waals surface area contributed by atoms with E-state index < -0.39 is 0 Å². The van der Waals surface area contributed by atoms with E-state index in [1.54, 1.807) is 0 Å². The molecule has 2 rings (SSSR count). The Morgan fingerprint density at radius 1 is 1.25 bits per heavy atom. The van der Waals surface area contributed by atoms with Gasteiger partial charge in [0.2, 0.25) is 0 Å². The van der Waals surface area contributed by atoms with E-state index in [0.29, 0.717) is 17.6 Å². The highest BCUT2D eigenvalue weighted by molar-refractivity contribution is 5.73. The van der Waals surface area contributed by atoms with Crippen molar-refractivity contribution in [1.29, 1.82) is 0 Å². The van der Waals surface area contributed by atoms with Crippen LogP contribution in [0.15, 0.2) is 36.7 Å². The van der Waals surface area contributed by atoms with Gasteiger partial charge in [-0.1, -0.05) is 12.1 Å². The average Bonchev–Trinajstić information content (AvgIpc) is 2.30. The maximum absolute atomic E-state index is 10.4. The Hall–Kier alpha value is -2.23. The number of benzene rings is 1. The molecule has 0 bridgehead atoms. The van der Waals surface area contributed by atoms with Crippen molar-refractivity contribution in [2.75, 3.05) is 0 Å². The topological polar surface area (TPSA) is 52.1 Å². The van der Waals surface area contributed by atoms with Gasteiger partial charge in [0.05, 0.1) is 5.56 Å². The summed E-state index contributed by atoms with van der Waals surface area (Å²) < 4.78 is 5.42. The Labute approximate surface area is 92.9 Å². The Morgan fingerprint density at radius 3 is 2.62 bits per heavy atom. The van der Waals surface area contributed by atoms with E-state index in [4.69, 9.17) is 4.74 Å². The van der Waals surface area contributed by atoms with Crippen molar-refractivity contribution in [3.8, 4) is 11.8 Å². The molecule has 0 saturated heterocycles. The molecule has 0 amide bonds. The molecule has 0 radical (unpaired) electrons. The van der Waals surface area contributed by atoms with E-state index in [2.05, 4.69) is 9.97 Å². The first-order valence-electron chi connectivity index (χ1n) is 4.79. The number of carbonyl (C=O) groups is 1. The second kappa shape index (κ2) is 4.53. The molecule has 0 unspecified atom stereocenters. The summed E-state index contributed by atoms with van der Waals surface area (Å²) in [5.74, 6) is 0.679. The van der Waals surface area contributed by atoms with Crippen molar-refractivity contribution in [2.45, 2.75) is 6.92 Å². The Bertz CT molecular complexity index is 495. The van der Waals surface area contributed by atoms with Crippen LogP contribution in [0.2, 0.25) is 0 Å². The van der Waals surface area contributed by atoms with Crippen LogP contribution in [0.5, 0.6) is 11.8 Å². The standard InChI is InChI=1S/C12H10N2O2/c1-9-3-2-4-11(5-9)16-12-13-6-10(8-15)7-14-12/h2-8H,1H3. The fraction of sp³-hybridized carbons (Fsp3) is 0.0833. The maximum atomic E-state index is 10.4. The van der Waals surface area contributed by atoms with Gasteiger partial charge in [0.15, 0.2) is 6.29 Å². The molecule has 0 atom stereocenters. The lowest BCUT2D eigenvalue weighted by molar-refractivity contribution is 0.112. The number of hydrogen-bond donors (Lipinski definition) is 0. The summed E-state index contributed by atoms with van der Waals surface area (Å²) in [5, 5.41) is 0. The molecule has 2 aromatic rings. The largest absolute Gasteiger partial charge is 0.424 e. The van der Waals surface area contributed by atoms with Gasteiger partial charge in [-0.25, -0.2) is 9.97 Å². The van der Waals surface area contributed by atoms with Gasteiger partial charge < -0.3 is 4.74 Å². The Morgan fingerprint density at radius 2 is 2.00 bits per heavy atom. The second-order valence-electron chi connectivity index (χ2n) is 3.34. The van der Waals surface area contributed by atoms with Crippen molar-refractivity contribution >= 4 is 6.29 Å². The van der Waals surface area contributed by atoms with Gasteiger partial charge in [0.1, 0.15) is 5.75 Å². The molecule has 0 aliphatic carbocycles. The predicted molar refractivity (Wildman–Crippen MR) is 58.7 cm³/mol. The monoisotopic (exact) mass is 214 g/mol. The van der Waals surface area contributed by atoms with Crippen molar-refractivity contribution in [1.82, 2.24) is 9.97 Å². The van der Waals surface area contributed by atoms with Gasteiger partial charge in [-0.05, 0) is 24.6 Å². The molecule has 1 heterocycles. The van der Waals surface area contributed by atoms with Gasteiger partial charge in [-0.15, -0.1) is 0 Å². The number of aldehydes is 1. The lowest BCUT2D eigenvalue weighted by Gasteiger charge is -2.03. The summed E-state index contributed by atoms with van der Waals surface area (Å²) in [4.78, 5) is 18.2. The molecule has 0 aliphatic heterocycles. The molecule has 0 aliphatic rings. The third-order valence-corrected chi connectivity index (χ3v) is 1.98. The molecule has 16 heavy (non-hydrogen) atoms. The number of carbonyl (C=O) groups excluding carboxylic acids is 1. The minimum atomic E-state index is 0.233. The van der Waals surface area contributed by atoms with E-state index in [-0.39, 0.29) is 6.01 Å². The van der Waals surface area contributed by atoms with E-state index in [1.807, 2.05) is 31.2 Å². The molecule has 0 saturated carbocycles. The smallest absolute Gasteiger partial charge is 0.321 e. The number of aromatic nitrogens is 2. The zero-order valence-corrected chi connectivity index (χ0v) is 8.75.